The normalized spacial score (nSPS) is 10.6. The molecule has 0 unspecified atom stereocenters. The SMILES string of the molecule is O=C(c1ccc(O)cc1)N(CCO)CC(F)F. The molecule has 1 amide bonds. The van der Waals surface area contributed by atoms with Crippen LogP contribution in [-0.2, 0) is 0 Å². The first kappa shape index (κ1) is 13.4. The average molecular weight is 245 g/mol. The summed E-state index contributed by atoms with van der Waals surface area (Å²) in [7, 11) is 0. The van der Waals surface area contributed by atoms with E-state index in [1.165, 1.54) is 24.3 Å². The summed E-state index contributed by atoms with van der Waals surface area (Å²) in [6, 6.07) is 5.28. The van der Waals surface area contributed by atoms with E-state index in [1.807, 2.05) is 0 Å². The molecule has 0 heterocycles. The maximum atomic E-state index is 12.2. The number of aliphatic hydroxyl groups is 1. The number of hydrogen-bond donors (Lipinski definition) is 2. The Morgan fingerprint density at radius 3 is 2.35 bits per heavy atom. The van der Waals surface area contributed by atoms with Gasteiger partial charge in [-0.3, -0.25) is 4.79 Å². The molecule has 0 aliphatic carbocycles. The van der Waals surface area contributed by atoms with Crippen molar-refractivity contribution in [1.29, 1.82) is 0 Å². The minimum absolute atomic E-state index is 0.0101. The molecular formula is C11H13F2NO3. The van der Waals surface area contributed by atoms with Crippen molar-refractivity contribution in [2.45, 2.75) is 6.43 Å². The molecule has 6 heteroatoms. The highest BCUT2D eigenvalue weighted by Crippen LogP contribution is 2.12. The Bertz CT molecular complexity index is 367. The summed E-state index contributed by atoms with van der Waals surface area (Å²) in [4.78, 5) is 12.7. The molecule has 2 N–H and O–H groups in total. The summed E-state index contributed by atoms with van der Waals surface area (Å²) in [6.07, 6.45) is -2.65. The van der Waals surface area contributed by atoms with E-state index in [0.29, 0.717) is 0 Å². The van der Waals surface area contributed by atoms with Gasteiger partial charge >= 0.3 is 0 Å². The molecular weight excluding hydrogens is 232 g/mol. The number of halogens is 2. The van der Waals surface area contributed by atoms with Crippen LogP contribution in [0.2, 0.25) is 0 Å². The summed E-state index contributed by atoms with van der Waals surface area (Å²) in [5, 5.41) is 17.8. The maximum absolute atomic E-state index is 12.2. The van der Waals surface area contributed by atoms with Crippen LogP contribution in [0, 0.1) is 0 Å². The van der Waals surface area contributed by atoms with Gasteiger partial charge in [0.2, 0.25) is 0 Å². The fourth-order valence-corrected chi connectivity index (χ4v) is 1.35. The number of aromatic hydroxyl groups is 1. The van der Waals surface area contributed by atoms with E-state index in [1.54, 1.807) is 0 Å². The van der Waals surface area contributed by atoms with Gasteiger partial charge in [0.15, 0.2) is 0 Å². The predicted molar refractivity (Wildman–Crippen MR) is 57.1 cm³/mol. The molecule has 0 bridgehead atoms. The molecule has 0 saturated carbocycles. The second-order valence-electron chi connectivity index (χ2n) is 3.41. The third kappa shape index (κ3) is 3.99. The van der Waals surface area contributed by atoms with Crippen LogP contribution in [0.25, 0.3) is 0 Å². The fourth-order valence-electron chi connectivity index (χ4n) is 1.35. The summed E-state index contributed by atoms with van der Waals surface area (Å²) >= 11 is 0. The Hall–Kier alpha value is -1.69. The van der Waals surface area contributed by atoms with Crippen molar-refractivity contribution in [1.82, 2.24) is 4.90 Å². The molecule has 0 radical (unpaired) electrons. The molecule has 4 nitrogen and oxygen atoms in total. The molecule has 0 aliphatic heterocycles. The third-order valence-corrected chi connectivity index (χ3v) is 2.13. The number of nitrogens with zero attached hydrogens (tertiary/aromatic N) is 1. The molecule has 1 rings (SSSR count). The second kappa shape index (κ2) is 6.15. The zero-order valence-corrected chi connectivity index (χ0v) is 9.01. The molecule has 0 spiro atoms. The van der Waals surface area contributed by atoms with Gasteiger partial charge < -0.3 is 15.1 Å². The van der Waals surface area contributed by atoms with E-state index in [4.69, 9.17) is 10.2 Å². The number of phenolic OH excluding ortho intramolecular Hbond substituents is 1. The van der Waals surface area contributed by atoms with Gasteiger partial charge in [-0.25, -0.2) is 8.78 Å². The van der Waals surface area contributed by atoms with Gasteiger partial charge in [-0.1, -0.05) is 0 Å². The molecule has 1 aromatic rings. The quantitative estimate of drug-likeness (QED) is 0.816. The number of carbonyl (C=O) groups excluding carboxylic acids is 1. The van der Waals surface area contributed by atoms with Crippen LogP contribution in [0.3, 0.4) is 0 Å². The largest absolute Gasteiger partial charge is 0.508 e. The van der Waals surface area contributed by atoms with Gasteiger partial charge in [0.25, 0.3) is 12.3 Å². The molecule has 17 heavy (non-hydrogen) atoms. The summed E-state index contributed by atoms with van der Waals surface area (Å²) < 4.78 is 24.5. The van der Waals surface area contributed by atoms with Crippen molar-refractivity contribution in [2.75, 3.05) is 19.7 Å². The van der Waals surface area contributed by atoms with Crippen molar-refractivity contribution < 1.29 is 23.8 Å². The summed E-state index contributed by atoms with van der Waals surface area (Å²) in [5.74, 6) is -0.608. The Morgan fingerprint density at radius 1 is 1.29 bits per heavy atom. The van der Waals surface area contributed by atoms with Crippen molar-refractivity contribution in [3.05, 3.63) is 29.8 Å². The summed E-state index contributed by atoms with van der Waals surface area (Å²) in [5.41, 5.74) is 0.192. The van der Waals surface area contributed by atoms with Crippen LogP contribution in [0.4, 0.5) is 8.78 Å². The maximum Gasteiger partial charge on any atom is 0.255 e. The molecule has 0 aromatic heterocycles. The molecule has 0 aliphatic rings. The minimum atomic E-state index is -2.65. The van der Waals surface area contributed by atoms with Crippen LogP contribution in [0.1, 0.15) is 10.4 Å². The molecule has 0 fully saturated rings. The zero-order valence-electron chi connectivity index (χ0n) is 9.01. The molecule has 1 aromatic carbocycles. The second-order valence-corrected chi connectivity index (χ2v) is 3.41. The van der Waals surface area contributed by atoms with E-state index in [0.717, 1.165) is 4.90 Å². The van der Waals surface area contributed by atoms with Gasteiger partial charge in [-0.15, -0.1) is 0 Å². The molecule has 0 atom stereocenters. The number of alkyl halides is 2. The number of aliphatic hydroxyl groups excluding tert-OH is 1. The lowest BCUT2D eigenvalue weighted by Crippen LogP contribution is -2.37. The number of phenols is 1. The van der Waals surface area contributed by atoms with Crippen molar-refractivity contribution in [3.8, 4) is 5.75 Å². The topological polar surface area (TPSA) is 60.8 Å². The lowest BCUT2D eigenvalue weighted by molar-refractivity contribution is 0.0509. The lowest BCUT2D eigenvalue weighted by Gasteiger charge is -2.21. The third-order valence-electron chi connectivity index (χ3n) is 2.13. The van der Waals surface area contributed by atoms with Crippen LogP contribution >= 0.6 is 0 Å². The van der Waals surface area contributed by atoms with Gasteiger partial charge in [0, 0.05) is 12.1 Å². The van der Waals surface area contributed by atoms with Gasteiger partial charge in [0.1, 0.15) is 5.75 Å². The van der Waals surface area contributed by atoms with E-state index in [9.17, 15) is 13.6 Å². The predicted octanol–water partition coefficient (Wildman–Crippen LogP) is 1.09. The Kier molecular flexibility index (Phi) is 4.84. The van der Waals surface area contributed by atoms with E-state index in [2.05, 4.69) is 0 Å². The number of amides is 1. The first-order valence-corrected chi connectivity index (χ1v) is 5.02. The number of benzene rings is 1. The van der Waals surface area contributed by atoms with Crippen molar-refractivity contribution >= 4 is 5.91 Å². The molecule has 94 valence electrons. The monoisotopic (exact) mass is 245 g/mol. The molecule has 0 saturated heterocycles. The highest BCUT2D eigenvalue weighted by molar-refractivity contribution is 5.94. The highest BCUT2D eigenvalue weighted by atomic mass is 19.3. The van der Waals surface area contributed by atoms with Crippen molar-refractivity contribution in [2.24, 2.45) is 0 Å². The van der Waals surface area contributed by atoms with Gasteiger partial charge in [-0.2, -0.15) is 0 Å². The average Bonchev–Trinajstić information content (AvgIpc) is 2.28. The van der Waals surface area contributed by atoms with E-state index >= 15 is 0 Å². The van der Waals surface area contributed by atoms with E-state index in [-0.39, 0.29) is 24.5 Å². The Morgan fingerprint density at radius 2 is 1.88 bits per heavy atom. The lowest BCUT2D eigenvalue weighted by atomic mass is 10.2. The Balaban J connectivity index is 2.79. The van der Waals surface area contributed by atoms with Crippen LogP contribution in [-0.4, -0.2) is 47.1 Å². The Labute approximate surface area is 97.1 Å². The fraction of sp³-hybridized carbons (Fsp3) is 0.364. The highest BCUT2D eigenvalue weighted by Gasteiger charge is 2.19. The van der Waals surface area contributed by atoms with Crippen LogP contribution < -0.4 is 0 Å². The van der Waals surface area contributed by atoms with Gasteiger partial charge in [0.05, 0.1) is 13.2 Å². The number of carbonyl (C=O) groups is 1. The smallest absolute Gasteiger partial charge is 0.255 e. The van der Waals surface area contributed by atoms with Crippen LogP contribution in [0.15, 0.2) is 24.3 Å². The minimum Gasteiger partial charge on any atom is -0.508 e. The number of rotatable bonds is 5. The summed E-state index contributed by atoms with van der Waals surface area (Å²) in [6.45, 7) is -1.25. The van der Waals surface area contributed by atoms with Gasteiger partial charge in [-0.05, 0) is 24.3 Å². The first-order valence-electron chi connectivity index (χ1n) is 5.02. The van der Waals surface area contributed by atoms with E-state index < -0.39 is 18.9 Å². The standard InChI is InChI=1S/C11H13F2NO3/c12-10(13)7-14(5-6-15)11(17)8-1-3-9(16)4-2-8/h1-4,10,15-16H,5-7H2. The van der Waals surface area contributed by atoms with Crippen molar-refractivity contribution in [3.63, 3.8) is 0 Å². The first-order chi connectivity index (χ1) is 8.04. The van der Waals surface area contributed by atoms with Crippen LogP contribution in [0.5, 0.6) is 5.75 Å². The zero-order chi connectivity index (χ0) is 12.8. The number of hydrogen-bond acceptors (Lipinski definition) is 3.